The molecule has 94 valence electrons. The molecule has 0 aliphatic carbocycles. The van der Waals surface area contributed by atoms with Crippen LogP contribution in [0, 0.1) is 11.7 Å². The summed E-state index contributed by atoms with van der Waals surface area (Å²) in [6.45, 7) is 3.12. The largest absolute Gasteiger partial charge is 0.345 e. The second-order valence-corrected chi connectivity index (χ2v) is 4.38. The van der Waals surface area contributed by atoms with E-state index in [-0.39, 0.29) is 24.1 Å². The third-order valence-electron chi connectivity index (χ3n) is 2.71. The minimum absolute atomic E-state index is 0.0876. The first kappa shape index (κ1) is 13.6. The molecule has 1 amide bonds. The van der Waals surface area contributed by atoms with Gasteiger partial charge in [-0.15, -0.1) is 0 Å². The molecule has 1 atom stereocenters. The molecule has 2 N–H and O–H groups in total. The molecule has 1 aromatic carbocycles. The Morgan fingerprint density at radius 1 is 1.47 bits per heavy atom. The van der Waals surface area contributed by atoms with E-state index in [1.165, 1.54) is 6.07 Å². The van der Waals surface area contributed by atoms with Crippen molar-refractivity contribution in [3.8, 4) is 0 Å². The number of likely N-dealkylation sites (N-methyl/N-ethyl adjacent to an activating group) is 1. The Morgan fingerprint density at radius 2 is 2.12 bits per heavy atom. The van der Waals surface area contributed by atoms with Crippen LogP contribution in [0.5, 0.6) is 0 Å². The van der Waals surface area contributed by atoms with Crippen molar-refractivity contribution in [2.24, 2.45) is 11.7 Å². The normalized spacial score (nSPS) is 12.2. The molecule has 4 heteroatoms. The molecule has 0 aromatic heterocycles. The molecule has 0 radical (unpaired) electrons. The molecule has 1 aromatic rings. The Bertz CT molecular complexity index is 381. The van der Waals surface area contributed by atoms with Crippen molar-refractivity contribution < 1.29 is 9.18 Å². The summed E-state index contributed by atoms with van der Waals surface area (Å²) >= 11 is 0. The van der Waals surface area contributed by atoms with Crippen LogP contribution in [0.1, 0.15) is 12.5 Å². The lowest BCUT2D eigenvalue weighted by atomic mass is 10.1. The highest BCUT2D eigenvalue weighted by molar-refractivity contribution is 5.78. The number of benzene rings is 1. The second kappa shape index (κ2) is 6.35. The maximum Gasteiger partial charge on any atom is 0.226 e. The Kier molecular flexibility index (Phi) is 5.10. The van der Waals surface area contributed by atoms with E-state index in [9.17, 15) is 9.18 Å². The van der Waals surface area contributed by atoms with Crippen LogP contribution >= 0.6 is 0 Å². The van der Waals surface area contributed by atoms with Crippen LogP contribution in [0.25, 0.3) is 0 Å². The first-order chi connectivity index (χ1) is 8.04. The quantitative estimate of drug-likeness (QED) is 0.843. The number of nitrogens with two attached hydrogens (primary N) is 1. The van der Waals surface area contributed by atoms with Gasteiger partial charge >= 0.3 is 0 Å². The summed E-state index contributed by atoms with van der Waals surface area (Å²) in [6, 6.07) is 6.34. The van der Waals surface area contributed by atoms with E-state index >= 15 is 0 Å². The van der Waals surface area contributed by atoms with Crippen molar-refractivity contribution >= 4 is 5.91 Å². The van der Waals surface area contributed by atoms with Gasteiger partial charge in [0.2, 0.25) is 5.91 Å². The van der Waals surface area contributed by atoms with Gasteiger partial charge in [-0.3, -0.25) is 4.79 Å². The van der Waals surface area contributed by atoms with Crippen molar-refractivity contribution in [2.45, 2.75) is 13.3 Å². The summed E-state index contributed by atoms with van der Waals surface area (Å²) in [7, 11) is 1.72. The van der Waals surface area contributed by atoms with E-state index in [1.54, 1.807) is 30.1 Å². The molecule has 0 heterocycles. The topological polar surface area (TPSA) is 46.3 Å². The maximum absolute atomic E-state index is 13.4. The molecule has 0 fully saturated rings. The zero-order valence-electron chi connectivity index (χ0n) is 10.3. The highest BCUT2D eigenvalue weighted by Gasteiger charge is 2.13. The lowest BCUT2D eigenvalue weighted by Crippen LogP contribution is -2.34. The number of hydrogen-bond acceptors (Lipinski definition) is 2. The van der Waals surface area contributed by atoms with Crippen LogP contribution in [-0.4, -0.2) is 30.9 Å². The van der Waals surface area contributed by atoms with E-state index in [2.05, 4.69) is 0 Å². The Balaban J connectivity index is 2.57. The summed E-state index contributed by atoms with van der Waals surface area (Å²) < 4.78 is 13.4. The smallest absolute Gasteiger partial charge is 0.226 e. The van der Waals surface area contributed by atoms with Gasteiger partial charge in [-0.2, -0.15) is 0 Å². The van der Waals surface area contributed by atoms with Gasteiger partial charge in [-0.05, 0) is 24.1 Å². The van der Waals surface area contributed by atoms with Crippen molar-refractivity contribution in [1.29, 1.82) is 0 Å². The number of rotatable bonds is 5. The number of nitrogens with zero attached hydrogens (tertiary/aromatic N) is 1. The predicted octanol–water partition coefficient (Wildman–Crippen LogP) is 1.42. The third kappa shape index (κ3) is 4.15. The molecular weight excluding hydrogens is 219 g/mol. The molecule has 0 aliphatic heterocycles. The van der Waals surface area contributed by atoms with Gasteiger partial charge in [-0.25, -0.2) is 4.39 Å². The number of halogens is 1. The predicted molar refractivity (Wildman–Crippen MR) is 66.0 cm³/mol. The molecule has 0 spiro atoms. The molecule has 0 bridgehead atoms. The minimum atomic E-state index is -0.332. The van der Waals surface area contributed by atoms with Crippen LogP contribution in [-0.2, 0) is 11.2 Å². The average Bonchev–Trinajstić information content (AvgIpc) is 2.31. The summed E-state index contributed by atoms with van der Waals surface area (Å²) in [5.74, 6) is -0.166. The first-order valence-corrected chi connectivity index (χ1v) is 5.72. The maximum atomic E-state index is 13.4. The third-order valence-corrected chi connectivity index (χ3v) is 2.71. The zero-order valence-corrected chi connectivity index (χ0v) is 10.3. The van der Waals surface area contributed by atoms with Crippen molar-refractivity contribution in [1.82, 2.24) is 4.90 Å². The highest BCUT2D eigenvalue weighted by Crippen LogP contribution is 2.08. The van der Waals surface area contributed by atoms with Crippen LogP contribution in [0.3, 0.4) is 0 Å². The zero-order chi connectivity index (χ0) is 12.8. The SMILES string of the molecule is CC(CN)CN(C)C(=O)Cc1ccccc1F. The van der Waals surface area contributed by atoms with Crippen LogP contribution in [0.15, 0.2) is 24.3 Å². The van der Waals surface area contributed by atoms with Gasteiger partial charge in [0.25, 0.3) is 0 Å². The fourth-order valence-electron chi connectivity index (χ4n) is 1.58. The van der Waals surface area contributed by atoms with Crippen molar-refractivity contribution in [3.63, 3.8) is 0 Å². The molecular formula is C13H19FN2O. The van der Waals surface area contributed by atoms with Gasteiger partial charge in [-0.1, -0.05) is 25.1 Å². The van der Waals surface area contributed by atoms with E-state index < -0.39 is 0 Å². The molecule has 0 saturated heterocycles. The van der Waals surface area contributed by atoms with E-state index in [0.29, 0.717) is 18.7 Å². The number of amides is 1. The van der Waals surface area contributed by atoms with Gasteiger partial charge in [0, 0.05) is 13.6 Å². The van der Waals surface area contributed by atoms with Gasteiger partial charge < -0.3 is 10.6 Å². The van der Waals surface area contributed by atoms with Crippen LogP contribution in [0.4, 0.5) is 4.39 Å². The van der Waals surface area contributed by atoms with Crippen LogP contribution < -0.4 is 5.73 Å². The molecule has 1 unspecified atom stereocenters. The van der Waals surface area contributed by atoms with E-state index in [4.69, 9.17) is 5.73 Å². The fourth-order valence-corrected chi connectivity index (χ4v) is 1.58. The Labute approximate surface area is 101 Å². The number of carbonyl (C=O) groups is 1. The molecule has 0 saturated carbocycles. The molecule has 1 rings (SSSR count). The lowest BCUT2D eigenvalue weighted by Gasteiger charge is -2.20. The Hall–Kier alpha value is -1.42. The lowest BCUT2D eigenvalue weighted by molar-refractivity contribution is -0.129. The standard InChI is InChI=1S/C13H19FN2O/c1-10(8-15)9-16(2)13(17)7-11-5-3-4-6-12(11)14/h3-6,10H,7-9,15H2,1-2H3. The van der Waals surface area contributed by atoms with E-state index in [0.717, 1.165) is 0 Å². The van der Waals surface area contributed by atoms with Crippen molar-refractivity contribution in [3.05, 3.63) is 35.6 Å². The first-order valence-electron chi connectivity index (χ1n) is 5.72. The second-order valence-electron chi connectivity index (χ2n) is 4.38. The summed E-state index contributed by atoms with van der Waals surface area (Å²) in [5.41, 5.74) is 5.93. The molecule has 0 aliphatic rings. The molecule has 17 heavy (non-hydrogen) atoms. The average molecular weight is 238 g/mol. The summed E-state index contributed by atoms with van der Waals surface area (Å²) in [6.07, 6.45) is 0.0977. The Morgan fingerprint density at radius 3 is 2.71 bits per heavy atom. The minimum Gasteiger partial charge on any atom is -0.345 e. The van der Waals surface area contributed by atoms with Crippen LogP contribution in [0.2, 0.25) is 0 Å². The van der Waals surface area contributed by atoms with E-state index in [1.807, 2.05) is 6.92 Å². The number of carbonyl (C=O) groups excluding carboxylic acids is 1. The van der Waals surface area contributed by atoms with Gasteiger partial charge in [0.05, 0.1) is 6.42 Å². The number of hydrogen-bond donors (Lipinski definition) is 1. The highest BCUT2D eigenvalue weighted by atomic mass is 19.1. The fraction of sp³-hybridized carbons (Fsp3) is 0.462. The monoisotopic (exact) mass is 238 g/mol. The summed E-state index contributed by atoms with van der Waals surface area (Å²) in [5, 5.41) is 0. The summed E-state index contributed by atoms with van der Waals surface area (Å²) in [4.78, 5) is 13.4. The van der Waals surface area contributed by atoms with Crippen molar-refractivity contribution in [2.75, 3.05) is 20.1 Å². The van der Waals surface area contributed by atoms with Gasteiger partial charge in [0.1, 0.15) is 5.82 Å². The molecule has 3 nitrogen and oxygen atoms in total. The van der Waals surface area contributed by atoms with Gasteiger partial charge in [0.15, 0.2) is 0 Å².